The lowest BCUT2D eigenvalue weighted by Gasteiger charge is -2.19. The maximum absolute atomic E-state index is 9.79. The Kier molecular flexibility index (Phi) is 2.75. The molecular weight excluding hydrogens is 202 g/mol. The first-order chi connectivity index (χ1) is 7.56. The van der Waals surface area contributed by atoms with Crippen molar-refractivity contribution >= 4 is 0 Å². The summed E-state index contributed by atoms with van der Waals surface area (Å²) in [6.45, 7) is 4.04. The minimum absolute atomic E-state index is 0.499. The van der Waals surface area contributed by atoms with E-state index in [1.54, 1.807) is 26.2 Å². The molecule has 0 fully saturated rings. The summed E-state index contributed by atoms with van der Waals surface area (Å²) in [5, 5.41) is 9.79. The average Bonchev–Trinajstić information content (AvgIpc) is 2.64. The molecule has 0 unspecified atom stereocenters. The van der Waals surface area contributed by atoms with Crippen molar-refractivity contribution in [3.05, 3.63) is 36.8 Å². The van der Waals surface area contributed by atoms with Crippen LogP contribution in [0.1, 0.15) is 13.8 Å². The van der Waals surface area contributed by atoms with Gasteiger partial charge in [-0.25, -0.2) is 4.98 Å². The Balaban J connectivity index is 2.33. The molecule has 0 aliphatic carbocycles. The van der Waals surface area contributed by atoms with Gasteiger partial charge in [0.25, 0.3) is 0 Å². The maximum Gasteiger partial charge on any atom is 0.158 e. The summed E-state index contributed by atoms with van der Waals surface area (Å²) in [6.07, 6.45) is 5.30. The van der Waals surface area contributed by atoms with Crippen molar-refractivity contribution in [1.82, 2.24) is 14.5 Å². The van der Waals surface area contributed by atoms with Crippen molar-refractivity contribution in [2.75, 3.05) is 0 Å². The summed E-state index contributed by atoms with van der Waals surface area (Å²) < 4.78 is 1.91. The van der Waals surface area contributed by atoms with Crippen LogP contribution in [0.5, 0.6) is 0 Å². The standard InChI is InChI=1S/C12H15N3O/c1-12(2,16)9-15-8-7-14-11(15)10-5-3-4-6-13-10/h3-8,16H,9H2,1-2H3. The highest BCUT2D eigenvalue weighted by Crippen LogP contribution is 2.16. The SMILES string of the molecule is CC(C)(O)Cn1ccnc1-c1ccccn1. The summed E-state index contributed by atoms with van der Waals surface area (Å²) in [5.41, 5.74) is 0.0567. The molecular formula is C12H15N3O. The van der Waals surface area contributed by atoms with E-state index in [0.717, 1.165) is 11.5 Å². The molecule has 4 nitrogen and oxygen atoms in total. The Labute approximate surface area is 94.6 Å². The third-order valence-corrected chi connectivity index (χ3v) is 2.17. The van der Waals surface area contributed by atoms with Crippen molar-refractivity contribution in [2.24, 2.45) is 0 Å². The van der Waals surface area contributed by atoms with Crippen LogP contribution in [-0.2, 0) is 6.54 Å². The molecule has 0 radical (unpaired) electrons. The summed E-state index contributed by atoms with van der Waals surface area (Å²) in [7, 11) is 0. The second-order valence-electron chi connectivity index (χ2n) is 4.41. The normalized spacial score (nSPS) is 11.7. The Morgan fingerprint density at radius 1 is 1.25 bits per heavy atom. The first kappa shape index (κ1) is 10.8. The monoisotopic (exact) mass is 217 g/mol. The molecule has 2 aromatic heterocycles. The molecule has 16 heavy (non-hydrogen) atoms. The minimum atomic E-state index is -0.760. The lowest BCUT2D eigenvalue weighted by atomic mass is 10.1. The highest BCUT2D eigenvalue weighted by Gasteiger charge is 2.16. The summed E-state index contributed by atoms with van der Waals surface area (Å²) in [4.78, 5) is 8.51. The highest BCUT2D eigenvalue weighted by molar-refractivity contribution is 5.49. The lowest BCUT2D eigenvalue weighted by Crippen LogP contribution is -2.26. The number of pyridine rings is 1. The van der Waals surface area contributed by atoms with Crippen LogP contribution in [0, 0.1) is 0 Å². The first-order valence-electron chi connectivity index (χ1n) is 5.21. The van der Waals surface area contributed by atoms with E-state index in [2.05, 4.69) is 9.97 Å². The number of aliphatic hydroxyl groups is 1. The molecule has 0 spiro atoms. The zero-order valence-corrected chi connectivity index (χ0v) is 9.46. The number of hydrogen-bond acceptors (Lipinski definition) is 3. The van der Waals surface area contributed by atoms with E-state index in [-0.39, 0.29) is 0 Å². The van der Waals surface area contributed by atoms with Gasteiger partial charge in [-0.05, 0) is 26.0 Å². The first-order valence-corrected chi connectivity index (χ1v) is 5.21. The molecule has 0 saturated carbocycles. The van der Waals surface area contributed by atoms with Crippen LogP contribution in [-0.4, -0.2) is 25.2 Å². The van der Waals surface area contributed by atoms with Gasteiger partial charge in [-0.2, -0.15) is 0 Å². The molecule has 0 amide bonds. The summed E-state index contributed by atoms with van der Waals surface area (Å²) in [6, 6.07) is 5.70. The van der Waals surface area contributed by atoms with E-state index < -0.39 is 5.60 Å². The number of rotatable bonds is 3. The van der Waals surface area contributed by atoms with E-state index in [9.17, 15) is 5.11 Å². The second-order valence-corrected chi connectivity index (χ2v) is 4.41. The molecule has 0 aliphatic rings. The fourth-order valence-electron chi connectivity index (χ4n) is 1.58. The molecule has 2 aromatic rings. The molecule has 0 aliphatic heterocycles. The topological polar surface area (TPSA) is 50.9 Å². The Bertz CT molecular complexity index is 457. The molecule has 0 saturated heterocycles. The fourth-order valence-corrected chi connectivity index (χ4v) is 1.58. The maximum atomic E-state index is 9.79. The average molecular weight is 217 g/mol. The van der Waals surface area contributed by atoms with Crippen molar-refractivity contribution in [1.29, 1.82) is 0 Å². The van der Waals surface area contributed by atoms with Gasteiger partial charge in [-0.15, -0.1) is 0 Å². The summed E-state index contributed by atoms with van der Waals surface area (Å²) in [5.74, 6) is 0.780. The van der Waals surface area contributed by atoms with Crippen molar-refractivity contribution in [2.45, 2.75) is 26.0 Å². The minimum Gasteiger partial charge on any atom is -0.389 e. The molecule has 0 bridgehead atoms. The van der Waals surface area contributed by atoms with Gasteiger partial charge in [0, 0.05) is 18.6 Å². The third-order valence-electron chi connectivity index (χ3n) is 2.17. The highest BCUT2D eigenvalue weighted by atomic mass is 16.3. The van der Waals surface area contributed by atoms with Crippen LogP contribution < -0.4 is 0 Å². The van der Waals surface area contributed by atoms with Crippen LogP contribution >= 0.6 is 0 Å². The Morgan fingerprint density at radius 3 is 2.69 bits per heavy atom. The summed E-state index contributed by atoms with van der Waals surface area (Å²) >= 11 is 0. The molecule has 1 N–H and O–H groups in total. The largest absolute Gasteiger partial charge is 0.389 e. The van der Waals surface area contributed by atoms with E-state index in [1.807, 2.05) is 29.0 Å². The van der Waals surface area contributed by atoms with Gasteiger partial charge >= 0.3 is 0 Å². The quantitative estimate of drug-likeness (QED) is 0.851. The van der Waals surface area contributed by atoms with E-state index in [0.29, 0.717) is 6.54 Å². The number of nitrogens with zero attached hydrogens (tertiary/aromatic N) is 3. The van der Waals surface area contributed by atoms with E-state index in [1.165, 1.54) is 0 Å². The molecule has 0 atom stereocenters. The predicted molar refractivity (Wildman–Crippen MR) is 61.8 cm³/mol. The third kappa shape index (κ3) is 2.46. The fraction of sp³-hybridized carbons (Fsp3) is 0.333. The van der Waals surface area contributed by atoms with Gasteiger partial charge in [-0.1, -0.05) is 6.07 Å². The van der Waals surface area contributed by atoms with E-state index >= 15 is 0 Å². The van der Waals surface area contributed by atoms with Gasteiger partial charge in [0.15, 0.2) is 5.82 Å². The van der Waals surface area contributed by atoms with E-state index in [4.69, 9.17) is 0 Å². The van der Waals surface area contributed by atoms with Gasteiger partial charge in [0.05, 0.1) is 12.1 Å². The predicted octanol–water partition coefficient (Wildman–Crippen LogP) is 1.72. The van der Waals surface area contributed by atoms with Crippen LogP contribution in [0.4, 0.5) is 0 Å². The molecule has 2 heterocycles. The van der Waals surface area contributed by atoms with Gasteiger partial charge in [0.2, 0.25) is 0 Å². The molecule has 0 aromatic carbocycles. The van der Waals surface area contributed by atoms with Crippen molar-refractivity contribution < 1.29 is 5.11 Å². The number of imidazole rings is 1. The number of aromatic nitrogens is 3. The van der Waals surface area contributed by atoms with Crippen molar-refractivity contribution in [3.63, 3.8) is 0 Å². The zero-order chi connectivity index (χ0) is 11.6. The molecule has 4 heteroatoms. The molecule has 84 valence electrons. The van der Waals surface area contributed by atoms with Crippen LogP contribution in [0.2, 0.25) is 0 Å². The van der Waals surface area contributed by atoms with Crippen LogP contribution in [0.15, 0.2) is 36.8 Å². The van der Waals surface area contributed by atoms with Gasteiger partial charge in [-0.3, -0.25) is 4.98 Å². The zero-order valence-electron chi connectivity index (χ0n) is 9.46. The smallest absolute Gasteiger partial charge is 0.158 e. The second kappa shape index (κ2) is 4.06. The van der Waals surface area contributed by atoms with Gasteiger partial charge in [0.1, 0.15) is 5.69 Å². The lowest BCUT2D eigenvalue weighted by molar-refractivity contribution is 0.0620. The van der Waals surface area contributed by atoms with Crippen LogP contribution in [0.3, 0.4) is 0 Å². The van der Waals surface area contributed by atoms with Crippen LogP contribution in [0.25, 0.3) is 11.5 Å². The Morgan fingerprint density at radius 2 is 2.06 bits per heavy atom. The van der Waals surface area contributed by atoms with Crippen molar-refractivity contribution in [3.8, 4) is 11.5 Å². The Hall–Kier alpha value is -1.68. The number of hydrogen-bond donors (Lipinski definition) is 1. The van der Waals surface area contributed by atoms with Gasteiger partial charge < -0.3 is 9.67 Å². The molecule has 2 rings (SSSR count).